The van der Waals surface area contributed by atoms with Crippen LogP contribution in [0.4, 0.5) is 0 Å². The van der Waals surface area contributed by atoms with Crippen LogP contribution in [0.15, 0.2) is 6.20 Å². The predicted octanol–water partition coefficient (Wildman–Crippen LogP) is 1.65. The number of nitrogens with zero attached hydrogens (tertiary/aromatic N) is 1. The van der Waals surface area contributed by atoms with Gasteiger partial charge >= 0.3 is 0 Å². The second-order valence-corrected chi connectivity index (χ2v) is 3.84. The van der Waals surface area contributed by atoms with Crippen LogP contribution >= 0.6 is 0 Å². The number of Topliss-reactive ketones (excluding diaryl/α,β-unsaturated/α-hetero) is 1. The Bertz CT molecular complexity index is 415. The number of ketones is 1. The molecule has 0 aromatic carbocycles. The number of carbonyl (C=O) groups excluding carboxylic acids is 1. The van der Waals surface area contributed by atoms with E-state index in [-0.39, 0.29) is 17.6 Å². The summed E-state index contributed by atoms with van der Waals surface area (Å²) in [7, 11) is 0. The molecule has 0 saturated carbocycles. The molecule has 1 atom stereocenters. The van der Waals surface area contributed by atoms with Gasteiger partial charge in [-0.15, -0.1) is 0 Å². The lowest BCUT2D eigenvalue weighted by atomic mass is 10.0. The average molecular weight is 207 g/mol. The topological polar surface area (TPSA) is 59.4 Å². The van der Waals surface area contributed by atoms with Crippen molar-refractivity contribution in [1.29, 1.82) is 0 Å². The minimum absolute atomic E-state index is 0.0571. The number of pyridine rings is 1. The maximum atomic E-state index is 11.0. The zero-order chi connectivity index (χ0) is 11.0. The molecule has 4 heteroatoms. The maximum absolute atomic E-state index is 11.0. The Balaban J connectivity index is 2.40. The van der Waals surface area contributed by atoms with Gasteiger partial charge in [0.25, 0.3) is 0 Å². The van der Waals surface area contributed by atoms with Crippen molar-refractivity contribution in [2.75, 3.05) is 0 Å². The number of ether oxygens (including phenoxy) is 1. The molecule has 1 aromatic heterocycles. The summed E-state index contributed by atoms with van der Waals surface area (Å²) in [6.07, 6.45) is 1.70. The molecule has 0 radical (unpaired) electrons. The second kappa shape index (κ2) is 3.62. The Labute approximate surface area is 87.9 Å². The normalized spacial score (nSPS) is 18.9. The molecule has 1 aliphatic heterocycles. The lowest BCUT2D eigenvalue weighted by molar-refractivity contribution is -0.119. The first-order valence-corrected chi connectivity index (χ1v) is 4.88. The van der Waals surface area contributed by atoms with Crippen LogP contribution in [-0.4, -0.2) is 15.9 Å². The van der Waals surface area contributed by atoms with Crippen LogP contribution in [0.3, 0.4) is 0 Å². The first-order valence-electron chi connectivity index (χ1n) is 4.88. The van der Waals surface area contributed by atoms with Gasteiger partial charge in [-0.1, -0.05) is 0 Å². The molecular formula is C11H13NO3. The Morgan fingerprint density at radius 3 is 3.13 bits per heavy atom. The van der Waals surface area contributed by atoms with E-state index in [2.05, 4.69) is 4.98 Å². The van der Waals surface area contributed by atoms with E-state index < -0.39 is 0 Å². The minimum Gasteiger partial charge on any atom is -0.506 e. The summed E-state index contributed by atoms with van der Waals surface area (Å²) in [6.45, 7) is 3.68. The Morgan fingerprint density at radius 2 is 2.47 bits per heavy atom. The van der Waals surface area contributed by atoms with Crippen LogP contribution in [0.5, 0.6) is 5.75 Å². The molecule has 1 unspecified atom stereocenters. The van der Waals surface area contributed by atoms with E-state index >= 15 is 0 Å². The van der Waals surface area contributed by atoms with Crippen molar-refractivity contribution in [3.05, 3.63) is 23.0 Å². The van der Waals surface area contributed by atoms with E-state index in [0.717, 1.165) is 11.1 Å². The maximum Gasteiger partial charge on any atom is 0.142 e. The zero-order valence-corrected chi connectivity index (χ0v) is 8.78. The third kappa shape index (κ3) is 1.72. The fourth-order valence-corrected chi connectivity index (χ4v) is 1.82. The fourth-order valence-electron chi connectivity index (χ4n) is 1.82. The molecule has 2 rings (SSSR count). The zero-order valence-electron chi connectivity index (χ0n) is 8.78. The molecule has 1 aromatic rings. The predicted molar refractivity (Wildman–Crippen MR) is 53.5 cm³/mol. The quantitative estimate of drug-likeness (QED) is 0.801. The van der Waals surface area contributed by atoms with E-state index in [0.29, 0.717) is 18.7 Å². The van der Waals surface area contributed by atoms with Gasteiger partial charge in [0.1, 0.15) is 11.5 Å². The van der Waals surface area contributed by atoms with E-state index in [4.69, 9.17) is 4.74 Å². The summed E-state index contributed by atoms with van der Waals surface area (Å²) in [4.78, 5) is 15.1. The van der Waals surface area contributed by atoms with Gasteiger partial charge in [0.05, 0.1) is 18.4 Å². The highest BCUT2D eigenvalue weighted by atomic mass is 16.5. The van der Waals surface area contributed by atoms with Crippen molar-refractivity contribution < 1.29 is 14.6 Å². The number of rotatable bonds is 2. The molecule has 80 valence electrons. The highest BCUT2D eigenvalue weighted by Gasteiger charge is 2.28. The Morgan fingerprint density at radius 1 is 1.73 bits per heavy atom. The van der Waals surface area contributed by atoms with Gasteiger partial charge in [-0.2, -0.15) is 0 Å². The fraction of sp³-hybridized carbons (Fsp3) is 0.455. The third-order valence-corrected chi connectivity index (χ3v) is 2.59. The number of aryl methyl sites for hydroxylation is 1. The number of aromatic nitrogens is 1. The molecule has 0 fully saturated rings. The van der Waals surface area contributed by atoms with Gasteiger partial charge in [-0.3, -0.25) is 9.78 Å². The van der Waals surface area contributed by atoms with Gasteiger partial charge in [-0.25, -0.2) is 0 Å². The number of fused-ring (bicyclic) bond motifs is 1. The molecule has 1 aliphatic rings. The van der Waals surface area contributed by atoms with E-state index in [9.17, 15) is 9.90 Å². The van der Waals surface area contributed by atoms with Crippen LogP contribution in [-0.2, 0) is 16.1 Å². The Hall–Kier alpha value is -1.42. The number of hydrogen-bond donors (Lipinski definition) is 1. The highest BCUT2D eigenvalue weighted by Crippen LogP contribution is 2.39. The van der Waals surface area contributed by atoms with E-state index in [1.54, 1.807) is 13.1 Å². The molecule has 4 nitrogen and oxygen atoms in total. The molecule has 15 heavy (non-hydrogen) atoms. The van der Waals surface area contributed by atoms with Crippen molar-refractivity contribution in [2.24, 2.45) is 0 Å². The van der Waals surface area contributed by atoms with Crippen molar-refractivity contribution in [1.82, 2.24) is 4.98 Å². The highest BCUT2D eigenvalue weighted by molar-refractivity contribution is 5.76. The van der Waals surface area contributed by atoms with Gasteiger partial charge in [0.15, 0.2) is 0 Å². The number of aromatic hydroxyl groups is 1. The van der Waals surface area contributed by atoms with Crippen LogP contribution in [0, 0.1) is 6.92 Å². The van der Waals surface area contributed by atoms with Crippen LogP contribution < -0.4 is 0 Å². The smallest absolute Gasteiger partial charge is 0.142 e. The molecule has 2 heterocycles. The standard InChI is InChI=1S/C11H13NO3/c1-6(13)3-9-10-8(5-15-9)4-12-7(2)11(10)14/h4,9,14H,3,5H2,1-2H3. The average Bonchev–Trinajstić information content (AvgIpc) is 2.55. The summed E-state index contributed by atoms with van der Waals surface area (Å²) in [6, 6.07) is 0. The lowest BCUT2D eigenvalue weighted by Crippen LogP contribution is -2.03. The number of hydrogen-bond acceptors (Lipinski definition) is 4. The largest absolute Gasteiger partial charge is 0.506 e. The molecule has 0 saturated heterocycles. The molecule has 0 bridgehead atoms. The summed E-state index contributed by atoms with van der Waals surface area (Å²) in [5.41, 5.74) is 2.19. The van der Waals surface area contributed by atoms with Crippen molar-refractivity contribution in [3.63, 3.8) is 0 Å². The monoisotopic (exact) mass is 207 g/mol. The SMILES string of the molecule is CC(=O)CC1OCc2cnc(C)c(O)c21. The van der Waals surface area contributed by atoms with E-state index in [1.807, 2.05) is 0 Å². The van der Waals surface area contributed by atoms with Crippen molar-refractivity contribution in [3.8, 4) is 5.75 Å². The number of carbonyl (C=O) groups is 1. The first kappa shape index (κ1) is 10.1. The summed E-state index contributed by atoms with van der Waals surface area (Å²) in [5, 5.41) is 9.85. The van der Waals surface area contributed by atoms with Crippen molar-refractivity contribution >= 4 is 5.78 Å². The van der Waals surface area contributed by atoms with E-state index in [1.165, 1.54) is 6.92 Å². The Kier molecular flexibility index (Phi) is 2.44. The van der Waals surface area contributed by atoms with Crippen LogP contribution in [0.25, 0.3) is 0 Å². The van der Waals surface area contributed by atoms with Crippen LogP contribution in [0.2, 0.25) is 0 Å². The van der Waals surface area contributed by atoms with Crippen molar-refractivity contribution in [2.45, 2.75) is 33.0 Å². The van der Waals surface area contributed by atoms with Gasteiger partial charge in [0, 0.05) is 23.7 Å². The molecule has 0 amide bonds. The van der Waals surface area contributed by atoms with Crippen LogP contribution in [0.1, 0.15) is 36.3 Å². The first-order chi connectivity index (χ1) is 7.09. The van der Waals surface area contributed by atoms with Gasteiger partial charge in [-0.05, 0) is 13.8 Å². The third-order valence-electron chi connectivity index (χ3n) is 2.59. The molecule has 0 spiro atoms. The molecule has 0 aliphatic carbocycles. The van der Waals surface area contributed by atoms with Gasteiger partial charge in [0.2, 0.25) is 0 Å². The second-order valence-electron chi connectivity index (χ2n) is 3.84. The summed E-state index contributed by atoms with van der Waals surface area (Å²) >= 11 is 0. The van der Waals surface area contributed by atoms with Gasteiger partial charge < -0.3 is 9.84 Å². The summed E-state index contributed by atoms with van der Waals surface area (Å²) in [5.74, 6) is 0.220. The lowest BCUT2D eigenvalue weighted by Gasteiger charge is -2.11. The summed E-state index contributed by atoms with van der Waals surface area (Å²) < 4.78 is 5.45. The molecule has 1 N–H and O–H groups in total. The minimum atomic E-state index is -0.306. The molecular weight excluding hydrogens is 194 g/mol.